The Balaban J connectivity index is 1.90. The lowest BCUT2D eigenvalue weighted by atomic mass is 10.1. The van der Waals surface area contributed by atoms with Crippen molar-refractivity contribution in [2.45, 2.75) is 19.1 Å². The largest absolute Gasteiger partial charge is 0.374 e. The van der Waals surface area contributed by atoms with Gasteiger partial charge in [0.05, 0.1) is 22.8 Å². The fourth-order valence-corrected chi connectivity index (χ4v) is 2.73. The minimum Gasteiger partial charge on any atom is -0.374 e. The number of morpholine rings is 1. The molecule has 3 nitrogen and oxygen atoms in total. The topological polar surface area (TPSA) is 24.5 Å². The van der Waals surface area contributed by atoms with Crippen LogP contribution in [0, 0.1) is 0 Å². The molecule has 5 heteroatoms. The summed E-state index contributed by atoms with van der Waals surface area (Å²) in [5.74, 6) is 0. The van der Waals surface area contributed by atoms with Crippen molar-refractivity contribution in [3.63, 3.8) is 0 Å². The summed E-state index contributed by atoms with van der Waals surface area (Å²) in [7, 11) is 2.12. The fraction of sp³-hybridized carbons (Fsp3) is 0.571. The standard InChI is InChI=1S/C14H20Cl2N2O/c1-10(12-4-3-5-13(15)14(12)16)17-8-11-9-18(2)6-7-19-11/h3-5,10-11,17H,6-9H2,1-2H3. The minimum absolute atomic E-state index is 0.155. The van der Waals surface area contributed by atoms with E-state index in [1.807, 2.05) is 12.1 Å². The summed E-state index contributed by atoms with van der Waals surface area (Å²) in [4.78, 5) is 2.28. The summed E-state index contributed by atoms with van der Waals surface area (Å²) in [5.41, 5.74) is 1.03. The van der Waals surface area contributed by atoms with Crippen LogP contribution in [0.4, 0.5) is 0 Å². The van der Waals surface area contributed by atoms with Crippen LogP contribution < -0.4 is 5.32 Å². The van der Waals surface area contributed by atoms with Gasteiger partial charge in [0.15, 0.2) is 0 Å². The Labute approximate surface area is 124 Å². The van der Waals surface area contributed by atoms with Gasteiger partial charge in [0, 0.05) is 25.7 Å². The van der Waals surface area contributed by atoms with E-state index < -0.39 is 0 Å². The van der Waals surface area contributed by atoms with E-state index in [1.54, 1.807) is 6.07 Å². The molecule has 0 aromatic heterocycles. The van der Waals surface area contributed by atoms with Crippen molar-refractivity contribution in [2.75, 3.05) is 33.3 Å². The lowest BCUT2D eigenvalue weighted by Gasteiger charge is -2.31. The zero-order valence-electron chi connectivity index (χ0n) is 11.3. The highest BCUT2D eigenvalue weighted by Crippen LogP contribution is 2.29. The molecule has 1 N–H and O–H groups in total. The highest BCUT2D eigenvalue weighted by molar-refractivity contribution is 6.42. The first-order valence-corrected chi connectivity index (χ1v) is 7.31. The van der Waals surface area contributed by atoms with Gasteiger partial charge in [-0.1, -0.05) is 35.3 Å². The quantitative estimate of drug-likeness (QED) is 0.925. The monoisotopic (exact) mass is 302 g/mol. The summed E-state index contributed by atoms with van der Waals surface area (Å²) >= 11 is 12.3. The van der Waals surface area contributed by atoms with Crippen LogP contribution in [0.2, 0.25) is 10.0 Å². The van der Waals surface area contributed by atoms with E-state index >= 15 is 0 Å². The Kier molecular flexibility index (Phi) is 5.48. The maximum atomic E-state index is 6.22. The minimum atomic E-state index is 0.155. The molecule has 1 heterocycles. The predicted molar refractivity (Wildman–Crippen MR) is 80.1 cm³/mol. The summed E-state index contributed by atoms with van der Waals surface area (Å²) in [6, 6.07) is 5.88. The van der Waals surface area contributed by atoms with Gasteiger partial charge in [0.2, 0.25) is 0 Å². The Morgan fingerprint density at radius 2 is 2.26 bits per heavy atom. The highest BCUT2D eigenvalue weighted by atomic mass is 35.5. The van der Waals surface area contributed by atoms with Gasteiger partial charge in [0.25, 0.3) is 0 Å². The Hall–Kier alpha value is -0.320. The van der Waals surface area contributed by atoms with Gasteiger partial charge in [0.1, 0.15) is 0 Å². The van der Waals surface area contributed by atoms with Gasteiger partial charge in [-0.05, 0) is 25.6 Å². The van der Waals surface area contributed by atoms with Gasteiger partial charge in [-0.2, -0.15) is 0 Å². The van der Waals surface area contributed by atoms with Gasteiger partial charge < -0.3 is 15.0 Å². The van der Waals surface area contributed by atoms with Crippen LogP contribution in [0.25, 0.3) is 0 Å². The smallest absolute Gasteiger partial charge is 0.0826 e. The first kappa shape index (κ1) is 15.1. The number of hydrogen-bond acceptors (Lipinski definition) is 3. The van der Waals surface area contributed by atoms with Crippen molar-refractivity contribution in [3.05, 3.63) is 33.8 Å². The second-order valence-electron chi connectivity index (χ2n) is 5.03. The number of halogens is 2. The Morgan fingerprint density at radius 3 is 3.00 bits per heavy atom. The molecule has 0 radical (unpaired) electrons. The fourth-order valence-electron chi connectivity index (χ4n) is 2.26. The second-order valence-corrected chi connectivity index (χ2v) is 5.81. The zero-order chi connectivity index (χ0) is 13.8. The van der Waals surface area contributed by atoms with Crippen LogP contribution in [-0.2, 0) is 4.74 Å². The molecule has 2 atom stereocenters. The van der Waals surface area contributed by atoms with Crippen molar-refractivity contribution in [2.24, 2.45) is 0 Å². The molecule has 0 aliphatic carbocycles. The molecule has 1 fully saturated rings. The molecule has 1 aliphatic heterocycles. The summed E-state index contributed by atoms with van der Waals surface area (Å²) in [5, 5.41) is 4.69. The number of ether oxygens (including phenoxy) is 1. The number of likely N-dealkylation sites (N-methyl/N-ethyl adjacent to an activating group) is 1. The van der Waals surface area contributed by atoms with E-state index in [4.69, 9.17) is 27.9 Å². The number of nitrogens with one attached hydrogen (secondary N) is 1. The third kappa shape index (κ3) is 4.07. The predicted octanol–water partition coefficient (Wildman–Crippen LogP) is 2.97. The van der Waals surface area contributed by atoms with Gasteiger partial charge >= 0.3 is 0 Å². The maximum Gasteiger partial charge on any atom is 0.0826 e. The van der Waals surface area contributed by atoms with Crippen LogP contribution in [-0.4, -0.2) is 44.3 Å². The normalized spacial score (nSPS) is 22.4. The molecule has 1 aromatic rings. The average Bonchev–Trinajstić information content (AvgIpc) is 2.39. The number of benzene rings is 1. The van der Waals surface area contributed by atoms with E-state index in [9.17, 15) is 0 Å². The van der Waals surface area contributed by atoms with E-state index in [0.29, 0.717) is 10.0 Å². The second kappa shape index (κ2) is 6.91. The third-order valence-corrected chi connectivity index (χ3v) is 4.28. The molecule has 1 aromatic carbocycles. The lowest BCUT2D eigenvalue weighted by Crippen LogP contribution is -2.45. The molecule has 0 spiro atoms. The van der Waals surface area contributed by atoms with Crippen LogP contribution in [0.3, 0.4) is 0 Å². The summed E-state index contributed by atoms with van der Waals surface area (Å²) in [6.45, 7) is 5.67. The molecule has 0 bridgehead atoms. The molecule has 0 saturated carbocycles. The van der Waals surface area contributed by atoms with Crippen molar-refractivity contribution >= 4 is 23.2 Å². The van der Waals surface area contributed by atoms with Crippen molar-refractivity contribution in [3.8, 4) is 0 Å². The molecular formula is C14H20Cl2N2O. The van der Waals surface area contributed by atoms with Gasteiger partial charge in [-0.3, -0.25) is 0 Å². The Bertz CT molecular complexity index is 428. The van der Waals surface area contributed by atoms with Crippen LogP contribution in [0.1, 0.15) is 18.5 Å². The first-order chi connectivity index (χ1) is 9.08. The van der Waals surface area contributed by atoms with Crippen LogP contribution in [0.5, 0.6) is 0 Å². The highest BCUT2D eigenvalue weighted by Gasteiger charge is 2.19. The summed E-state index contributed by atoms with van der Waals surface area (Å²) < 4.78 is 5.73. The van der Waals surface area contributed by atoms with Crippen molar-refractivity contribution < 1.29 is 4.74 Å². The number of hydrogen-bond donors (Lipinski definition) is 1. The van der Waals surface area contributed by atoms with Gasteiger partial charge in [-0.15, -0.1) is 0 Å². The van der Waals surface area contributed by atoms with Crippen molar-refractivity contribution in [1.29, 1.82) is 0 Å². The number of rotatable bonds is 4. The van der Waals surface area contributed by atoms with E-state index in [-0.39, 0.29) is 12.1 Å². The maximum absolute atomic E-state index is 6.22. The molecule has 1 aliphatic rings. The molecule has 2 rings (SSSR count). The Morgan fingerprint density at radius 1 is 1.47 bits per heavy atom. The van der Waals surface area contributed by atoms with Crippen LogP contribution in [0.15, 0.2) is 18.2 Å². The van der Waals surface area contributed by atoms with Gasteiger partial charge in [-0.25, -0.2) is 0 Å². The molecule has 106 valence electrons. The first-order valence-electron chi connectivity index (χ1n) is 6.55. The van der Waals surface area contributed by atoms with Crippen molar-refractivity contribution in [1.82, 2.24) is 10.2 Å². The molecule has 1 saturated heterocycles. The molecular weight excluding hydrogens is 283 g/mol. The number of nitrogens with zero attached hydrogens (tertiary/aromatic N) is 1. The third-order valence-electron chi connectivity index (χ3n) is 3.44. The van der Waals surface area contributed by atoms with E-state index in [0.717, 1.165) is 31.8 Å². The van der Waals surface area contributed by atoms with E-state index in [2.05, 4.69) is 24.2 Å². The SMILES string of the molecule is CC(NCC1CN(C)CCO1)c1cccc(Cl)c1Cl. The lowest BCUT2D eigenvalue weighted by molar-refractivity contribution is -0.0190. The van der Waals surface area contributed by atoms with E-state index in [1.165, 1.54) is 0 Å². The molecule has 0 amide bonds. The van der Waals surface area contributed by atoms with Crippen LogP contribution >= 0.6 is 23.2 Å². The molecule has 2 unspecified atom stereocenters. The summed E-state index contributed by atoms with van der Waals surface area (Å²) in [6.07, 6.45) is 0.235. The molecule has 19 heavy (non-hydrogen) atoms. The average molecular weight is 303 g/mol. The zero-order valence-corrected chi connectivity index (χ0v) is 12.8.